The van der Waals surface area contributed by atoms with Crippen LogP contribution < -0.4 is 11.1 Å². The third-order valence-corrected chi connectivity index (χ3v) is 3.71. The number of nitrogens with one attached hydrogen (secondary N) is 1. The van der Waals surface area contributed by atoms with Gasteiger partial charge >= 0.3 is 0 Å². The van der Waals surface area contributed by atoms with Crippen LogP contribution in [0.1, 0.15) is 43.7 Å². The normalized spacial score (nSPS) is 14.7. The standard InChI is InChI=1S/C14H23N3O2S/c1-9(8-20(5)19)16-13(18)10-6-11(14(2,3)4)17-12(15)7-10/h6-7,9H,8H2,1-5H3,(H2,15,17)(H,16,18). The van der Waals surface area contributed by atoms with Gasteiger partial charge in [-0.05, 0) is 19.1 Å². The number of hydrogen-bond donors (Lipinski definition) is 2. The number of nitrogens with two attached hydrogens (primary N) is 1. The first-order valence-corrected chi connectivity index (χ1v) is 8.21. The van der Waals surface area contributed by atoms with E-state index in [0.29, 0.717) is 17.1 Å². The molecule has 0 fully saturated rings. The fourth-order valence-electron chi connectivity index (χ4n) is 1.77. The summed E-state index contributed by atoms with van der Waals surface area (Å²) in [5, 5.41) is 2.82. The SMILES string of the molecule is CC(CS(C)=O)NC(=O)c1cc(N)nc(C(C)(C)C)c1. The number of nitrogen functional groups attached to an aromatic ring is 1. The largest absolute Gasteiger partial charge is 0.384 e. The highest BCUT2D eigenvalue weighted by Crippen LogP contribution is 2.22. The molecule has 2 atom stereocenters. The van der Waals surface area contributed by atoms with Crippen LogP contribution in [-0.4, -0.2) is 33.2 Å². The molecule has 0 aliphatic carbocycles. The van der Waals surface area contributed by atoms with Crippen LogP contribution in [0.3, 0.4) is 0 Å². The second-order valence-electron chi connectivity index (χ2n) is 6.03. The summed E-state index contributed by atoms with van der Waals surface area (Å²) in [6, 6.07) is 3.16. The predicted molar refractivity (Wildman–Crippen MR) is 83.2 cm³/mol. The van der Waals surface area contributed by atoms with Gasteiger partial charge in [0.1, 0.15) is 5.82 Å². The zero-order valence-electron chi connectivity index (χ0n) is 12.7. The van der Waals surface area contributed by atoms with Crippen LogP contribution in [-0.2, 0) is 16.2 Å². The van der Waals surface area contributed by atoms with Crippen molar-refractivity contribution in [1.29, 1.82) is 0 Å². The highest BCUT2D eigenvalue weighted by atomic mass is 32.2. The van der Waals surface area contributed by atoms with Crippen LogP contribution in [0.2, 0.25) is 0 Å². The van der Waals surface area contributed by atoms with E-state index < -0.39 is 10.8 Å². The molecule has 0 saturated heterocycles. The Morgan fingerprint density at radius 1 is 1.45 bits per heavy atom. The van der Waals surface area contributed by atoms with Crippen molar-refractivity contribution in [2.24, 2.45) is 0 Å². The number of aromatic nitrogens is 1. The minimum Gasteiger partial charge on any atom is -0.384 e. The molecule has 0 spiro atoms. The average molecular weight is 297 g/mol. The molecule has 0 saturated carbocycles. The Balaban J connectivity index is 2.93. The smallest absolute Gasteiger partial charge is 0.251 e. The summed E-state index contributed by atoms with van der Waals surface area (Å²) < 4.78 is 11.1. The van der Waals surface area contributed by atoms with Crippen molar-refractivity contribution in [2.45, 2.75) is 39.2 Å². The van der Waals surface area contributed by atoms with Gasteiger partial charge in [-0.1, -0.05) is 20.8 Å². The summed E-state index contributed by atoms with van der Waals surface area (Å²) in [6.07, 6.45) is 1.62. The maximum atomic E-state index is 12.2. The molecular weight excluding hydrogens is 274 g/mol. The van der Waals surface area contributed by atoms with Gasteiger partial charge in [-0.3, -0.25) is 9.00 Å². The summed E-state index contributed by atoms with van der Waals surface area (Å²) in [7, 11) is -0.943. The van der Waals surface area contributed by atoms with E-state index in [1.807, 2.05) is 27.7 Å². The lowest BCUT2D eigenvalue weighted by atomic mass is 9.90. The van der Waals surface area contributed by atoms with Crippen molar-refractivity contribution < 1.29 is 9.00 Å². The molecule has 1 aromatic heterocycles. The lowest BCUT2D eigenvalue weighted by Crippen LogP contribution is -2.36. The van der Waals surface area contributed by atoms with Crippen molar-refractivity contribution in [1.82, 2.24) is 10.3 Å². The van der Waals surface area contributed by atoms with E-state index in [1.165, 1.54) is 0 Å². The molecule has 1 amide bonds. The van der Waals surface area contributed by atoms with Crippen LogP contribution in [0.5, 0.6) is 0 Å². The third-order valence-electron chi connectivity index (χ3n) is 2.74. The Morgan fingerprint density at radius 2 is 2.05 bits per heavy atom. The van der Waals surface area contributed by atoms with Gasteiger partial charge in [0.15, 0.2) is 0 Å². The molecule has 0 aliphatic heterocycles. The molecular formula is C14H23N3O2S. The number of anilines is 1. The molecule has 5 nitrogen and oxygen atoms in total. The fraction of sp³-hybridized carbons (Fsp3) is 0.571. The van der Waals surface area contributed by atoms with Gasteiger partial charge in [0.05, 0.1) is 0 Å². The minimum absolute atomic E-state index is 0.152. The van der Waals surface area contributed by atoms with Crippen molar-refractivity contribution in [3.63, 3.8) is 0 Å². The summed E-state index contributed by atoms with van der Waals surface area (Å²) in [4.78, 5) is 16.4. The molecule has 1 rings (SSSR count). The third kappa shape index (κ3) is 4.92. The molecule has 0 bridgehead atoms. The number of pyridine rings is 1. The van der Waals surface area contributed by atoms with Crippen LogP contribution in [0.4, 0.5) is 5.82 Å². The lowest BCUT2D eigenvalue weighted by molar-refractivity contribution is 0.0943. The zero-order valence-corrected chi connectivity index (χ0v) is 13.5. The van der Waals surface area contributed by atoms with E-state index in [9.17, 15) is 9.00 Å². The van der Waals surface area contributed by atoms with E-state index in [4.69, 9.17) is 5.73 Å². The first-order valence-electron chi connectivity index (χ1n) is 6.48. The molecule has 2 unspecified atom stereocenters. The number of amides is 1. The maximum Gasteiger partial charge on any atom is 0.251 e. The van der Waals surface area contributed by atoms with Crippen LogP contribution in [0, 0.1) is 0 Å². The quantitative estimate of drug-likeness (QED) is 0.881. The number of carbonyl (C=O) groups excluding carboxylic acids is 1. The lowest BCUT2D eigenvalue weighted by Gasteiger charge is -2.19. The molecule has 0 radical (unpaired) electrons. The van der Waals surface area contributed by atoms with E-state index in [1.54, 1.807) is 18.4 Å². The van der Waals surface area contributed by atoms with E-state index in [2.05, 4.69) is 10.3 Å². The van der Waals surface area contributed by atoms with Gasteiger partial charge in [-0.2, -0.15) is 0 Å². The highest BCUT2D eigenvalue weighted by Gasteiger charge is 2.19. The van der Waals surface area contributed by atoms with Gasteiger partial charge in [-0.15, -0.1) is 0 Å². The summed E-state index contributed by atoms with van der Waals surface area (Å²) >= 11 is 0. The Morgan fingerprint density at radius 3 is 2.55 bits per heavy atom. The van der Waals surface area contributed by atoms with Gasteiger partial charge in [0.25, 0.3) is 5.91 Å². The first-order chi connectivity index (χ1) is 9.09. The number of hydrogen-bond acceptors (Lipinski definition) is 4. The van der Waals surface area contributed by atoms with Crippen LogP contribution in [0.25, 0.3) is 0 Å². The van der Waals surface area contributed by atoms with Crippen LogP contribution in [0.15, 0.2) is 12.1 Å². The Kier molecular flexibility index (Phi) is 5.28. The van der Waals surface area contributed by atoms with E-state index in [-0.39, 0.29) is 17.4 Å². The topological polar surface area (TPSA) is 85.1 Å². The Labute approximate surface area is 122 Å². The molecule has 0 aromatic carbocycles. The highest BCUT2D eigenvalue weighted by molar-refractivity contribution is 7.84. The molecule has 20 heavy (non-hydrogen) atoms. The van der Waals surface area contributed by atoms with Crippen LogP contribution >= 0.6 is 0 Å². The summed E-state index contributed by atoms with van der Waals surface area (Å²) in [5.41, 5.74) is 6.84. The van der Waals surface area contributed by atoms with E-state index in [0.717, 1.165) is 5.69 Å². The summed E-state index contributed by atoms with van der Waals surface area (Å²) in [6.45, 7) is 7.87. The minimum atomic E-state index is -0.943. The van der Waals surface area contributed by atoms with E-state index >= 15 is 0 Å². The number of rotatable bonds is 4. The summed E-state index contributed by atoms with van der Waals surface area (Å²) in [5.74, 6) is 0.537. The van der Waals surface area contributed by atoms with Gasteiger partial charge in [0, 0.05) is 45.5 Å². The molecule has 1 aromatic rings. The predicted octanol–water partition coefficient (Wildman–Crippen LogP) is 1.46. The van der Waals surface area contributed by atoms with Gasteiger partial charge in [-0.25, -0.2) is 4.98 Å². The van der Waals surface area contributed by atoms with Gasteiger partial charge < -0.3 is 11.1 Å². The fourth-order valence-corrected chi connectivity index (χ4v) is 2.56. The molecule has 6 heteroatoms. The number of carbonyl (C=O) groups is 1. The second kappa shape index (κ2) is 6.35. The van der Waals surface area contributed by atoms with Crippen molar-refractivity contribution in [2.75, 3.05) is 17.7 Å². The molecule has 3 N–H and O–H groups in total. The molecule has 0 aliphatic rings. The molecule has 1 heterocycles. The van der Waals surface area contributed by atoms with Crippen molar-refractivity contribution in [3.8, 4) is 0 Å². The van der Waals surface area contributed by atoms with Crippen molar-refractivity contribution in [3.05, 3.63) is 23.4 Å². The number of nitrogens with zero attached hydrogens (tertiary/aromatic N) is 1. The van der Waals surface area contributed by atoms with Crippen molar-refractivity contribution >= 4 is 22.5 Å². The molecule has 112 valence electrons. The second-order valence-corrected chi connectivity index (χ2v) is 7.51. The first kappa shape index (κ1) is 16.6. The van der Waals surface area contributed by atoms with Gasteiger partial charge in [0.2, 0.25) is 0 Å². The zero-order chi connectivity index (χ0) is 15.5. The maximum absolute atomic E-state index is 12.2. The Hall–Kier alpha value is -1.43. The average Bonchev–Trinajstić information content (AvgIpc) is 2.25. The Bertz CT molecular complexity index is 524. The monoisotopic (exact) mass is 297 g/mol.